The summed E-state index contributed by atoms with van der Waals surface area (Å²) >= 11 is 0. The van der Waals surface area contributed by atoms with Crippen LogP contribution < -0.4 is 11.4 Å². The van der Waals surface area contributed by atoms with Crippen molar-refractivity contribution in [1.82, 2.24) is 9.55 Å². The first-order valence-electron chi connectivity index (χ1n) is 6.23. The molecule has 0 aliphatic heterocycles. The second-order valence-electron chi connectivity index (χ2n) is 4.50. The molecule has 3 rings (SSSR count). The average Bonchev–Trinajstić information content (AvgIpc) is 2.48. The summed E-state index contributed by atoms with van der Waals surface area (Å²) in [5.41, 5.74) is 0.878. The van der Waals surface area contributed by atoms with Gasteiger partial charge < -0.3 is 4.42 Å². The topological polar surface area (TPSA) is 65.1 Å². The predicted octanol–water partition coefficient (Wildman–Crippen LogP) is 1.96. The summed E-state index contributed by atoms with van der Waals surface area (Å²) in [6.07, 6.45) is 3.33. The standard InChI is InChI=1S/C15H12N2O3/c1-10(11-6-8-16-9-7-11)17-13-5-3-2-4-12(13)14(18)20-15(17)19/h2-10H,1H3. The lowest BCUT2D eigenvalue weighted by molar-refractivity contribution is 0.406. The van der Waals surface area contributed by atoms with Crippen LogP contribution in [0.2, 0.25) is 0 Å². The number of para-hydroxylation sites is 1. The van der Waals surface area contributed by atoms with Crippen molar-refractivity contribution in [3.63, 3.8) is 0 Å². The maximum absolute atomic E-state index is 12.0. The molecular weight excluding hydrogens is 256 g/mol. The van der Waals surface area contributed by atoms with E-state index >= 15 is 0 Å². The van der Waals surface area contributed by atoms with Crippen LogP contribution in [-0.4, -0.2) is 9.55 Å². The first-order chi connectivity index (χ1) is 9.68. The highest BCUT2D eigenvalue weighted by Gasteiger charge is 2.15. The average molecular weight is 268 g/mol. The Hall–Kier alpha value is -2.69. The van der Waals surface area contributed by atoms with Gasteiger partial charge in [-0.15, -0.1) is 0 Å². The first kappa shape index (κ1) is 12.3. The van der Waals surface area contributed by atoms with Gasteiger partial charge in [0.15, 0.2) is 0 Å². The van der Waals surface area contributed by atoms with Crippen LogP contribution in [-0.2, 0) is 0 Å². The van der Waals surface area contributed by atoms with Crippen LogP contribution in [0.25, 0.3) is 10.9 Å². The predicted molar refractivity (Wildman–Crippen MR) is 74.8 cm³/mol. The second-order valence-corrected chi connectivity index (χ2v) is 4.50. The lowest BCUT2D eigenvalue weighted by Gasteiger charge is -2.16. The Bertz CT molecular complexity index is 865. The van der Waals surface area contributed by atoms with Crippen molar-refractivity contribution in [3.8, 4) is 0 Å². The zero-order valence-corrected chi connectivity index (χ0v) is 10.8. The molecule has 2 heterocycles. The van der Waals surface area contributed by atoms with Gasteiger partial charge in [-0.3, -0.25) is 9.55 Å². The summed E-state index contributed by atoms with van der Waals surface area (Å²) in [7, 11) is 0. The summed E-state index contributed by atoms with van der Waals surface area (Å²) in [6.45, 7) is 1.88. The van der Waals surface area contributed by atoms with Crippen LogP contribution >= 0.6 is 0 Å². The van der Waals surface area contributed by atoms with Crippen molar-refractivity contribution in [2.45, 2.75) is 13.0 Å². The number of aromatic nitrogens is 2. The van der Waals surface area contributed by atoms with E-state index in [4.69, 9.17) is 4.42 Å². The molecule has 1 atom stereocenters. The third-order valence-electron chi connectivity index (χ3n) is 3.34. The molecule has 0 aliphatic rings. The van der Waals surface area contributed by atoms with Gasteiger partial charge in [0.1, 0.15) is 0 Å². The Morgan fingerprint density at radius 1 is 1.10 bits per heavy atom. The molecule has 0 bridgehead atoms. The highest BCUT2D eigenvalue weighted by atomic mass is 16.4. The van der Waals surface area contributed by atoms with E-state index in [9.17, 15) is 9.59 Å². The van der Waals surface area contributed by atoms with Crippen molar-refractivity contribution in [2.24, 2.45) is 0 Å². The highest BCUT2D eigenvalue weighted by molar-refractivity contribution is 5.77. The lowest BCUT2D eigenvalue weighted by Crippen LogP contribution is -2.27. The molecule has 1 aromatic carbocycles. The monoisotopic (exact) mass is 268 g/mol. The Kier molecular flexibility index (Phi) is 2.95. The van der Waals surface area contributed by atoms with Crippen molar-refractivity contribution in [3.05, 3.63) is 75.3 Å². The van der Waals surface area contributed by atoms with Crippen molar-refractivity contribution >= 4 is 10.9 Å². The van der Waals surface area contributed by atoms with E-state index < -0.39 is 11.4 Å². The van der Waals surface area contributed by atoms with Gasteiger partial charge >= 0.3 is 11.4 Å². The minimum absolute atomic E-state index is 0.250. The summed E-state index contributed by atoms with van der Waals surface area (Å²) in [4.78, 5) is 27.7. The Labute approximate surface area is 114 Å². The van der Waals surface area contributed by atoms with Crippen LogP contribution in [0.5, 0.6) is 0 Å². The zero-order valence-electron chi connectivity index (χ0n) is 10.8. The van der Waals surface area contributed by atoms with Gasteiger partial charge in [-0.2, -0.15) is 0 Å². The molecule has 2 aromatic heterocycles. The summed E-state index contributed by atoms with van der Waals surface area (Å²) in [6, 6.07) is 10.3. The third kappa shape index (κ3) is 1.93. The molecule has 0 amide bonds. The zero-order chi connectivity index (χ0) is 14.1. The molecule has 0 spiro atoms. The summed E-state index contributed by atoms with van der Waals surface area (Å²) in [5, 5.41) is 0.396. The minimum atomic E-state index is -0.655. The fourth-order valence-electron chi connectivity index (χ4n) is 2.30. The maximum atomic E-state index is 12.0. The molecule has 20 heavy (non-hydrogen) atoms. The normalized spacial score (nSPS) is 12.4. The minimum Gasteiger partial charge on any atom is -0.372 e. The van der Waals surface area contributed by atoms with Gasteiger partial charge in [0, 0.05) is 12.4 Å². The largest absolute Gasteiger partial charge is 0.422 e. The fourth-order valence-corrected chi connectivity index (χ4v) is 2.30. The molecule has 5 heteroatoms. The van der Waals surface area contributed by atoms with Crippen LogP contribution in [0.4, 0.5) is 0 Å². The number of nitrogens with zero attached hydrogens (tertiary/aromatic N) is 2. The van der Waals surface area contributed by atoms with Crippen LogP contribution in [0.3, 0.4) is 0 Å². The van der Waals surface area contributed by atoms with E-state index in [0.717, 1.165) is 5.56 Å². The van der Waals surface area contributed by atoms with Crippen molar-refractivity contribution in [1.29, 1.82) is 0 Å². The number of benzene rings is 1. The van der Waals surface area contributed by atoms with E-state index in [1.807, 2.05) is 19.1 Å². The molecule has 0 N–H and O–H groups in total. The molecule has 3 aromatic rings. The molecule has 0 aliphatic carbocycles. The summed E-state index contributed by atoms with van der Waals surface area (Å²) < 4.78 is 6.28. The van der Waals surface area contributed by atoms with Gasteiger partial charge in [0.05, 0.1) is 16.9 Å². The van der Waals surface area contributed by atoms with E-state index in [2.05, 4.69) is 4.98 Å². The van der Waals surface area contributed by atoms with Crippen molar-refractivity contribution in [2.75, 3.05) is 0 Å². The quantitative estimate of drug-likeness (QED) is 0.712. The third-order valence-corrected chi connectivity index (χ3v) is 3.34. The van der Waals surface area contributed by atoms with E-state index in [1.54, 1.807) is 36.7 Å². The number of rotatable bonds is 2. The lowest BCUT2D eigenvalue weighted by atomic mass is 10.1. The SMILES string of the molecule is CC(c1ccncc1)n1c(=O)oc(=O)c2ccccc21. The number of fused-ring (bicyclic) bond motifs is 1. The molecule has 1 unspecified atom stereocenters. The van der Waals surface area contributed by atoms with Gasteiger partial charge in [0.25, 0.3) is 0 Å². The van der Waals surface area contributed by atoms with Crippen LogP contribution in [0, 0.1) is 0 Å². The molecule has 0 saturated carbocycles. The Morgan fingerprint density at radius 3 is 2.55 bits per heavy atom. The smallest absolute Gasteiger partial charge is 0.372 e. The van der Waals surface area contributed by atoms with Gasteiger partial charge in [-0.1, -0.05) is 12.1 Å². The van der Waals surface area contributed by atoms with E-state index in [1.165, 1.54) is 4.57 Å². The van der Waals surface area contributed by atoms with Crippen LogP contribution in [0.15, 0.2) is 62.8 Å². The van der Waals surface area contributed by atoms with Crippen molar-refractivity contribution < 1.29 is 4.42 Å². The fraction of sp³-hybridized carbons (Fsp3) is 0.133. The Morgan fingerprint density at radius 2 is 1.80 bits per heavy atom. The van der Waals surface area contributed by atoms with Gasteiger partial charge in [-0.05, 0) is 36.8 Å². The molecule has 100 valence electrons. The molecule has 0 fully saturated rings. The van der Waals surface area contributed by atoms with Gasteiger partial charge in [-0.25, -0.2) is 9.59 Å². The molecule has 5 nitrogen and oxygen atoms in total. The van der Waals surface area contributed by atoms with E-state index in [-0.39, 0.29) is 6.04 Å². The molecule has 0 radical (unpaired) electrons. The van der Waals surface area contributed by atoms with Crippen LogP contribution in [0.1, 0.15) is 18.5 Å². The Balaban J connectivity index is 2.32. The number of hydrogen-bond donors (Lipinski definition) is 0. The maximum Gasteiger partial charge on any atom is 0.422 e. The number of hydrogen-bond acceptors (Lipinski definition) is 4. The van der Waals surface area contributed by atoms with Gasteiger partial charge in [0.2, 0.25) is 0 Å². The number of pyridine rings is 1. The second kappa shape index (κ2) is 4.77. The first-order valence-corrected chi connectivity index (χ1v) is 6.23. The molecule has 0 saturated heterocycles. The highest BCUT2D eigenvalue weighted by Crippen LogP contribution is 2.19. The molecular formula is C15H12N2O3. The van der Waals surface area contributed by atoms with E-state index in [0.29, 0.717) is 10.9 Å². The summed E-state index contributed by atoms with van der Waals surface area (Å²) in [5.74, 6) is -0.655.